The minimum atomic E-state index is 0.128. The molecule has 0 aliphatic heterocycles. The molecule has 1 aromatic heterocycles. The van der Waals surface area contributed by atoms with E-state index in [0.29, 0.717) is 0 Å². The third-order valence-electron chi connectivity index (χ3n) is 3.35. The lowest BCUT2D eigenvalue weighted by Gasteiger charge is -2.14. The Morgan fingerprint density at radius 1 is 1.31 bits per heavy atom. The van der Waals surface area contributed by atoms with Crippen LogP contribution in [-0.4, -0.2) is 10.00 Å². The van der Waals surface area contributed by atoms with Crippen molar-refractivity contribution in [2.24, 2.45) is 5.73 Å². The summed E-state index contributed by atoms with van der Waals surface area (Å²) in [6, 6.07) is 8.13. The third-order valence-corrected chi connectivity index (χ3v) is 4.53. The second-order valence-electron chi connectivity index (χ2n) is 4.38. The van der Waals surface area contributed by atoms with Crippen LogP contribution in [0.1, 0.15) is 25.3 Å². The van der Waals surface area contributed by atoms with Gasteiger partial charge in [0.1, 0.15) is 0 Å². The number of benzene rings is 1. The molecule has 0 bridgehead atoms. The lowest BCUT2D eigenvalue weighted by molar-refractivity contribution is 0.483. The Morgan fingerprint density at radius 2 is 2.12 bits per heavy atom. The van der Waals surface area contributed by atoms with E-state index in [4.69, 9.17) is 5.73 Å². The van der Waals surface area contributed by atoms with Gasteiger partial charge in [-0.05, 0) is 31.4 Å². The SMILES string of the molecule is NC1CCCC1n1sc2ccccc2c1=O. The van der Waals surface area contributed by atoms with Gasteiger partial charge in [0, 0.05) is 6.04 Å². The van der Waals surface area contributed by atoms with Gasteiger partial charge in [0.15, 0.2) is 0 Å². The van der Waals surface area contributed by atoms with Gasteiger partial charge in [-0.25, -0.2) is 0 Å². The van der Waals surface area contributed by atoms with Gasteiger partial charge >= 0.3 is 0 Å². The number of hydrogen-bond donors (Lipinski definition) is 1. The summed E-state index contributed by atoms with van der Waals surface area (Å²) in [6.45, 7) is 0. The van der Waals surface area contributed by atoms with Gasteiger partial charge in [0.2, 0.25) is 0 Å². The Hall–Kier alpha value is -1.13. The predicted molar refractivity (Wildman–Crippen MR) is 66.9 cm³/mol. The number of hydrogen-bond acceptors (Lipinski definition) is 3. The summed E-state index contributed by atoms with van der Waals surface area (Å²) >= 11 is 1.55. The first-order valence-electron chi connectivity index (χ1n) is 5.63. The van der Waals surface area contributed by atoms with Crippen molar-refractivity contribution < 1.29 is 0 Å². The van der Waals surface area contributed by atoms with Crippen molar-refractivity contribution in [3.63, 3.8) is 0 Å². The number of aromatic nitrogens is 1. The molecule has 16 heavy (non-hydrogen) atoms. The number of rotatable bonds is 1. The summed E-state index contributed by atoms with van der Waals surface area (Å²) in [5.74, 6) is 0. The van der Waals surface area contributed by atoms with E-state index < -0.39 is 0 Å². The molecule has 1 saturated carbocycles. The highest BCUT2D eigenvalue weighted by molar-refractivity contribution is 7.13. The van der Waals surface area contributed by atoms with Crippen LogP contribution in [-0.2, 0) is 0 Å². The number of nitrogens with zero attached hydrogens (tertiary/aromatic N) is 1. The molecule has 1 heterocycles. The van der Waals surface area contributed by atoms with Crippen molar-refractivity contribution in [1.29, 1.82) is 0 Å². The minimum Gasteiger partial charge on any atom is -0.326 e. The van der Waals surface area contributed by atoms with E-state index in [2.05, 4.69) is 0 Å². The maximum atomic E-state index is 12.2. The van der Waals surface area contributed by atoms with Gasteiger partial charge in [-0.2, -0.15) is 0 Å². The van der Waals surface area contributed by atoms with E-state index in [1.165, 1.54) is 0 Å². The highest BCUT2D eigenvalue weighted by atomic mass is 32.1. The summed E-state index contributed by atoms with van der Waals surface area (Å²) < 4.78 is 2.94. The first-order valence-corrected chi connectivity index (χ1v) is 6.41. The van der Waals surface area contributed by atoms with Crippen molar-refractivity contribution in [2.75, 3.05) is 0 Å². The Morgan fingerprint density at radius 3 is 2.81 bits per heavy atom. The van der Waals surface area contributed by atoms with Crippen LogP contribution in [0.5, 0.6) is 0 Å². The standard InChI is InChI=1S/C12H14N2OS/c13-9-5-3-6-10(9)14-12(15)8-4-1-2-7-11(8)16-14/h1-2,4,7,9-10H,3,5-6,13H2. The molecular weight excluding hydrogens is 220 g/mol. The first-order chi connectivity index (χ1) is 7.77. The normalized spacial score (nSPS) is 25.3. The molecule has 2 unspecified atom stereocenters. The smallest absolute Gasteiger partial charge is 0.268 e. The molecule has 1 aliphatic rings. The van der Waals surface area contributed by atoms with Gasteiger partial charge < -0.3 is 5.73 Å². The molecule has 0 amide bonds. The van der Waals surface area contributed by atoms with Crippen molar-refractivity contribution in [3.8, 4) is 0 Å². The first kappa shape index (κ1) is 10.1. The van der Waals surface area contributed by atoms with Crippen LogP contribution in [0.4, 0.5) is 0 Å². The highest BCUT2D eigenvalue weighted by Crippen LogP contribution is 2.31. The molecule has 1 aliphatic carbocycles. The minimum absolute atomic E-state index is 0.128. The van der Waals surface area contributed by atoms with Crippen LogP contribution in [0.15, 0.2) is 29.1 Å². The number of nitrogens with two attached hydrogens (primary N) is 1. The Kier molecular flexibility index (Phi) is 2.33. The Labute approximate surface area is 97.6 Å². The summed E-state index contributed by atoms with van der Waals surface area (Å²) in [6.07, 6.45) is 3.20. The summed E-state index contributed by atoms with van der Waals surface area (Å²) in [7, 11) is 0. The summed E-state index contributed by atoms with van der Waals surface area (Å²) in [5.41, 5.74) is 6.18. The fraction of sp³-hybridized carbons (Fsp3) is 0.417. The maximum Gasteiger partial charge on any atom is 0.268 e. The van der Waals surface area contributed by atoms with E-state index in [1.54, 1.807) is 11.5 Å². The van der Waals surface area contributed by atoms with Crippen LogP contribution in [0.3, 0.4) is 0 Å². The topological polar surface area (TPSA) is 48.0 Å². The summed E-state index contributed by atoms with van der Waals surface area (Å²) in [4.78, 5) is 12.2. The molecule has 4 heteroatoms. The van der Waals surface area contributed by atoms with E-state index in [-0.39, 0.29) is 17.6 Å². The predicted octanol–water partition coefficient (Wildman–Crippen LogP) is 2.12. The zero-order valence-corrected chi connectivity index (χ0v) is 9.74. The van der Waals surface area contributed by atoms with Gasteiger partial charge in [-0.3, -0.25) is 8.75 Å². The second kappa shape index (κ2) is 3.71. The maximum absolute atomic E-state index is 12.2. The molecule has 2 N–H and O–H groups in total. The van der Waals surface area contributed by atoms with Crippen LogP contribution in [0.25, 0.3) is 10.1 Å². The molecule has 3 rings (SSSR count). The monoisotopic (exact) mass is 234 g/mol. The van der Waals surface area contributed by atoms with E-state index in [0.717, 1.165) is 29.3 Å². The van der Waals surface area contributed by atoms with Crippen LogP contribution in [0.2, 0.25) is 0 Å². The van der Waals surface area contributed by atoms with Gasteiger partial charge in [-0.15, -0.1) is 0 Å². The zero-order valence-electron chi connectivity index (χ0n) is 8.93. The second-order valence-corrected chi connectivity index (χ2v) is 5.40. The van der Waals surface area contributed by atoms with Crippen molar-refractivity contribution in [3.05, 3.63) is 34.6 Å². The average molecular weight is 234 g/mol. The highest BCUT2D eigenvalue weighted by Gasteiger charge is 2.27. The summed E-state index contributed by atoms with van der Waals surface area (Å²) in [5, 5.41) is 0.826. The fourth-order valence-corrected chi connectivity index (χ4v) is 3.65. The van der Waals surface area contributed by atoms with E-state index in [9.17, 15) is 4.79 Å². The molecular formula is C12H14N2OS. The molecule has 2 atom stereocenters. The van der Waals surface area contributed by atoms with Crippen molar-refractivity contribution in [2.45, 2.75) is 31.3 Å². The molecule has 0 spiro atoms. The average Bonchev–Trinajstić information content (AvgIpc) is 2.84. The van der Waals surface area contributed by atoms with Crippen molar-refractivity contribution in [1.82, 2.24) is 3.96 Å². The molecule has 3 nitrogen and oxygen atoms in total. The zero-order chi connectivity index (χ0) is 11.1. The van der Waals surface area contributed by atoms with Crippen LogP contribution >= 0.6 is 11.5 Å². The Bertz CT molecular complexity index is 572. The van der Waals surface area contributed by atoms with E-state index >= 15 is 0 Å². The van der Waals surface area contributed by atoms with Gasteiger partial charge in [0.05, 0.1) is 16.1 Å². The van der Waals surface area contributed by atoms with Crippen LogP contribution in [0, 0.1) is 0 Å². The molecule has 0 radical (unpaired) electrons. The lowest BCUT2D eigenvalue weighted by Crippen LogP contribution is -2.30. The Balaban J connectivity index is 2.17. The largest absolute Gasteiger partial charge is 0.326 e. The quantitative estimate of drug-likeness (QED) is 0.821. The molecule has 2 aromatic rings. The van der Waals surface area contributed by atoms with Crippen LogP contribution < -0.4 is 11.3 Å². The molecule has 0 saturated heterocycles. The third kappa shape index (κ3) is 1.41. The molecule has 1 fully saturated rings. The number of fused-ring (bicyclic) bond motifs is 1. The van der Waals surface area contributed by atoms with Gasteiger partial charge in [0.25, 0.3) is 5.56 Å². The lowest BCUT2D eigenvalue weighted by atomic mass is 10.2. The van der Waals surface area contributed by atoms with Crippen molar-refractivity contribution >= 4 is 21.6 Å². The fourth-order valence-electron chi connectivity index (χ4n) is 2.47. The molecule has 1 aromatic carbocycles. The van der Waals surface area contributed by atoms with E-state index in [1.807, 2.05) is 28.2 Å². The molecule has 84 valence electrons. The van der Waals surface area contributed by atoms with Gasteiger partial charge in [-0.1, -0.05) is 23.7 Å².